The van der Waals surface area contributed by atoms with E-state index < -0.39 is 0 Å². The predicted octanol–water partition coefficient (Wildman–Crippen LogP) is 5.76. The molecule has 168 valence electrons. The van der Waals surface area contributed by atoms with Gasteiger partial charge < -0.3 is 15.4 Å². The molecule has 2 amide bonds. The molecule has 2 atom stereocenters. The molecule has 0 aromatic carbocycles. The number of unbranched alkanes of at least 4 members (excludes halogenated alkanes) is 8. The second-order valence-corrected chi connectivity index (χ2v) is 7.83. The Labute approximate surface area is 178 Å². The molecule has 0 aromatic heterocycles. The van der Waals surface area contributed by atoms with Crippen molar-refractivity contribution >= 4 is 11.8 Å². The number of amides is 2. The van der Waals surface area contributed by atoms with Crippen LogP contribution in [0.1, 0.15) is 105 Å². The van der Waals surface area contributed by atoms with Crippen molar-refractivity contribution in [3.05, 3.63) is 24.7 Å². The lowest BCUT2D eigenvalue weighted by Gasteiger charge is -2.10. The molecule has 0 rings (SSSR count). The van der Waals surface area contributed by atoms with E-state index in [0.29, 0.717) is 12.8 Å². The zero-order valence-electron chi connectivity index (χ0n) is 19.2. The first-order valence-corrected chi connectivity index (χ1v) is 11.6. The molecule has 0 aliphatic carbocycles. The summed E-state index contributed by atoms with van der Waals surface area (Å²) in [6.07, 6.45) is 19.4. The average molecular weight is 409 g/mol. The van der Waals surface area contributed by atoms with Gasteiger partial charge >= 0.3 is 0 Å². The van der Waals surface area contributed by atoms with Gasteiger partial charge in [0, 0.05) is 24.9 Å². The SMILES string of the molecule is CCCCCCCC(=O)NC(C)/C=C/O/C=C/C(C)NC(=O)CCCCCCC. The van der Waals surface area contributed by atoms with Crippen molar-refractivity contribution in [2.45, 2.75) is 117 Å². The highest BCUT2D eigenvalue weighted by Gasteiger charge is 2.05. The zero-order chi connectivity index (χ0) is 21.7. The Hall–Kier alpha value is -1.78. The van der Waals surface area contributed by atoms with E-state index in [1.54, 1.807) is 24.7 Å². The summed E-state index contributed by atoms with van der Waals surface area (Å²) in [5.41, 5.74) is 0. The normalized spacial score (nSPS) is 13.5. The molecule has 0 fully saturated rings. The summed E-state index contributed by atoms with van der Waals surface area (Å²) >= 11 is 0. The van der Waals surface area contributed by atoms with Gasteiger partial charge in [-0.1, -0.05) is 65.2 Å². The van der Waals surface area contributed by atoms with Crippen molar-refractivity contribution < 1.29 is 14.3 Å². The molecule has 2 unspecified atom stereocenters. The fourth-order valence-electron chi connectivity index (χ4n) is 2.90. The molecule has 2 N–H and O–H groups in total. The van der Waals surface area contributed by atoms with Gasteiger partial charge in [-0.25, -0.2) is 0 Å². The number of carbonyl (C=O) groups excluding carboxylic acids is 2. The van der Waals surface area contributed by atoms with Crippen LogP contribution in [0.2, 0.25) is 0 Å². The Bertz CT molecular complexity index is 433. The summed E-state index contributed by atoms with van der Waals surface area (Å²) in [7, 11) is 0. The largest absolute Gasteiger partial charge is 0.473 e. The summed E-state index contributed by atoms with van der Waals surface area (Å²) < 4.78 is 5.33. The summed E-state index contributed by atoms with van der Waals surface area (Å²) in [4.78, 5) is 23.7. The summed E-state index contributed by atoms with van der Waals surface area (Å²) in [6, 6.07) is -0.146. The highest BCUT2D eigenvalue weighted by Crippen LogP contribution is 2.06. The number of hydrogen-bond acceptors (Lipinski definition) is 3. The maximum absolute atomic E-state index is 11.9. The van der Waals surface area contributed by atoms with E-state index in [2.05, 4.69) is 24.5 Å². The molecule has 0 spiro atoms. The lowest BCUT2D eigenvalue weighted by Crippen LogP contribution is -2.31. The van der Waals surface area contributed by atoms with E-state index in [1.165, 1.54) is 38.5 Å². The fraction of sp³-hybridized carbons (Fsp3) is 0.750. The minimum atomic E-state index is -0.0728. The van der Waals surface area contributed by atoms with Gasteiger partial charge in [-0.2, -0.15) is 0 Å². The summed E-state index contributed by atoms with van der Waals surface area (Å²) in [5, 5.41) is 5.88. The standard InChI is InChI=1S/C24H44N2O3/c1-5-7-9-11-13-15-23(27)25-21(3)17-19-29-20-18-22(4)26-24(28)16-14-12-10-8-6-2/h17-22H,5-16H2,1-4H3,(H,25,27)(H,26,28)/b19-17+,20-18+. The van der Waals surface area contributed by atoms with Crippen LogP contribution in [0.25, 0.3) is 0 Å². The van der Waals surface area contributed by atoms with Crippen LogP contribution in [-0.4, -0.2) is 23.9 Å². The van der Waals surface area contributed by atoms with E-state index in [0.717, 1.165) is 25.7 Å². The van der Waals surface area contributed by atoms with Crippen LogP contribution in [0, 0.1) is 0 Å². The number of ether oxygens (including phenoxy) is 1. The molecule has 0 aliphatic rings. The molecule has 29 heavy (non-hydrogen) atoms. The topological polar surface area (TPSA) is 67.4 Å². The third kappa shape index (κ3) is 19.3. The Kier molecular flexibility index (Phi) is 18.3. The number of nitrogens with one attached hydrogen (secondary N) is 2. The smallest absolute Gasteiger partial charge is 0.220 e. The third-order valence-corrected chi connectivity index (χ3v) is 4.68. The molecule has 5 heteroatoms. The van der Waals surface area contributed by atoms with Crippen LogP contribution in [0.5, 0.6) is 0 Å². The van der Waals surface area contributed by atoms with E-state index in [9.17, 15) is 9.59 Å². The summed E-state index contributed by atoms with van der Waals surface area (Å²) in [5.74, 6) is 0.167. The molecule has 0 aliphatic heterocycles. The van der Waals surface area contributed by atoms with Gasteiger partial charge in [-0.15, -0.1) is 0 Å². The predicted molar refractivity (Wildman–Crippen MR) is 121 cm³/mol. The molecule has 0 heterocycles. The first-order valence-electron chi connectivity index (χ1n) is 11.6. The van der Waals surface area contributed by atoms with E-state index in [4.69, 9.17) is 4.74 Å². The Morgan fingerprint density at radius 2 is 1.07 bits per heavy atom. The minimum absolute atomic E-state index is 0.0728. The second-order valence-electron chi connectivity index (χ2n) is 7.83. The summed E-state index contributed by atoms with van der Waals surface area (Å²) in [6.45, 7) is 8.21. The molecular weight excluding hydrogens is 364 g/mol. The number of hydrogen-bond donors (Lipinski definition) is 2. The van der Waals surface area contributed by atoms with Crippen molar-refractivity contribution in [2.24, 2.45) is 0 Å². The van der Waals surface area contributed by atoms with Crippen molar-refractivity contribution in [1.29, 1.82) is 0 Å². The average Bonchev–Trinajstić information content (AvgIpc) is 2.67. The first-order chi connectivity index (χ1) is 14.0. The highest BCUT2D eigenvalue weighted by atomic mass is 16.5. The van der Waals surface area contributed by atoms with E-state index >= 15 is 0 Å². The minimum Gasteiger partial charge on any atom is -0.473 e. The highest BCUT2D eigenvalue weighted by molar-refractivity contribution is 5.76. The molecule has 0 aromatic rings. The van der Waals surface area contributed by atoms with Crippen molar-refractivity contribution in [1.82, 2.24) is 10.6 Å². The fourth-order valence-corrected chi connectivity index (χ4v) is 2.90. The van der Waals surface area contributed by atoms with E-state index in [-0.39, 0.29) is 23.9 Å². The molecular formula is C24H44N2O3. The van der Waals surface area contributed by atoms with Crippen molar-refractivity contribution in [3.63, 3.8) is 0 Å². The quantitative estimate of drug-likeness (QED) is 0.224. The monoisotopic (exact) mass is 408 g/mol. The molecule has 0 bridgehead atoms. The zero-order valence-corrected chi connectivity index (χ0v) is 19.2. The van der Waals surface area contributed by atoms with Crippen LogP contribution < -0.4 is 10.6 Å². The lowest BCUT2D eigenvalue weighted by atomic mass is 10.1. The van der Waals surface area contributed by atoms with Crippen LogP contribution in [0.15, 0.2) is 24.7 Å². The van der Waals surface area contributed by atoms with Crippen LogP contribution in [0.4, 0.5) is 0 Å². The molecule has 0 saturated carbocycles. The van der Waals surface area contributed by atoms with Crippen molar-refractivity contribution in [3.8, 4) is 0 Å². The van der Waals surface area contributed by atoms with Gasteiger partial charge in [0.1, 0.15) is 0 Å². The van der Waals surface area contributed by atoms with Gasteiger partial charge in [0.25, 0.3) is 0 Å². The Morgan fingerprint density at radius 3 is 1.45 bits per heavy atom. The molecule has 0 radical (unpaired) electrons. The Morgan fingerprint density at radius 1 is 0.690 bits per heavy atom. The maximum Gasteiger partial charge on any atom is 0.220 e. The third-order valence-electron chi connectivity index (χ3n) is 4.68. The van der Waals surface area contributed by atoms with Gasteiger partial charge in [0.05, 0.1) is 12.5 Å². The lowest BCUT2D eigenvalue weighted by molar-refractivity contribution is -0.122. The molecule has 0 saturated heterocycles. The van der Waals surface area contributed by atoms with E-state index in [1.807, 2.05) is 13.8 Å². The first kappa shape index (κ1) is 27.2. The van der Waals surface area contributed by atoms with Crippen LogP contribution in [-0.2, 0) is 14.3 Å². The van der Waals surface area contributed by atoms with Crippen LogP contribution >= 0.6 is 0 Å². The second kappa shape index (κ2) is 19.5. The number of rotatable bonds is 18. The van der Waals surface area contributed by atoms with Crippen molar-refractivity contribution in [2.75, 3.05) is 0 Å². The maximum atomic E-state index is 11.9. The van der Waals surface area contributed by atoms with Gasteiger partial charge in [-0.05, 0) is 38.8 Å². The molecule has 5 nitrogen and oxygen atoms in total. The van der Waals surface area contributed by atoms with Gasteiger partial charge in [-0.3, -0.25) is 9.59 Å². The van der Waals surface area contributed by atoms with Crippen LogP contribution in [0.3, 0.4) is 0 Å². The Balaban J connectivity index is 3.82. The number of carbonyl (C=O) groups is 2. The van der Waals surface area contributed by atoms with Gasteiger partial charge in [0.15, 0.2) is 0 Å². The van der Waals surface area contributed by atoms with Gasteiger partial charge in [0.2, 0.25) is 11.8 Å².